The van der Waals surface area contributed by atoms with Gasteiger partial charge in [0, 0.05) is 11.3 Å². The molecule has 0 aromatic rings. The van der Waals surface area contributed by atoms with E-state index in [1.165, 1.54) is 6.42 Å². The number of azo groups is 1. The molecule has 1 heterocycles. The average molecular weight is 232 g/mol. The van der Waals surface area contributed by atoms with Gasteiger partial charge in [0.1, 0.15) is 5.54 Å². The highest BCUT2D eigenvalue weighted by Gasteiger charge is 2.79. The van der Waals surface area contributed by atoms with Gasteiger partial charge in [-0.25, -0.2) is 0 Å². The van der Waals surface area contributed by atoms with Gasteiger partial charge in [-0.2, -0.15) is 10.2 Å². The first-order chi connectivity index (χ1) is 7.98. The Morgan fingerprint density at radius 3 is 2.41 bits per heavy atom. The van der Waals surface area contributed by atoms with Gasteiger partial charge in [-0.1, -0.05) is 26.0 Å². The van der Waals surface area contributed by atoms with Gasteiger partial charge in [-0.15, -0.1) is 0 Å². The van der Waals surface area contributed by atoms with Crippen LogP contribution in [-0.4, -0.2) is 22.8 Å². The summed E-state index contributed by atoms with van der Waals surface area (Å²) in [5.74, 6) is 2.40. The summed E-state index contributed by atoms with van der Waals surface area (Å²) in [6, 6.07) is 0. The molecular formula is C14H20N2O. The quantitative estimate of drug-likeness (QED) is 0.547. The number of hydrogen-bond donors (Lipinski definition) is 1. The van der Waals surface area contributed by atoms with E-state index in [0.717, 1.165) is 0 Å². The van der Waals surface area contributed by atoms with Crippen LogP contribution in [0.15, 0.2) is 22.4 Å². The summed E-state index contributed by atoms with van der Waals surface area (Å²) >= 11 is 0. The molecule has 3 aliphatic carbocycles. The molecule has 1 aliphatic heterocycles. The molecule has 0 spiro atoms. The molecule has 2 fully saturated rings. The van der Waals surface area contributed by atoms with Gasteiger partial charge in [0.05, 0.1) is 12.1 Å². The van der Waals surface area contributed by atoms with E-state index in [-0.39, 0.29) is 23.1 Å². The molecule has 0 amide bonds. The van der Waals surface area contributed by atoms with E-state index in [9.17, 15) is 5.11 Å². The zero-order valence-electron chi connectivity index (χ0n) is 10.7. The van der Waals surface area contributed by atoms with Crippen molar-refractivity contribution in [2.24, 2.45) is 39.3 Å². The fourth-order valence-corrected chi connectivity index (χ4v) is 5.42. The van der Waals surface area contributed by atoms with Crippen LogP contribution in [0.5, 0.6) is 0 Å². The molecule has 0 aromatic heterocycles. The molecule has 6 atom stereocenters. The van der Waals surface area contributed by atoms with Crippen molar-refractivity contribution >= 4 is 0 Å². The van der Waals surface area contributed by atoms with Gasteiger partial charge in [-0.3, -0.25) is 0 Å². The Kier molecular flexibility index (Phi) is 1.51. The second-order valence-corrected chi connectivity index (χ2v) is 7.05. The van der Waals surface area contributed by atoms with E-state index >= 15 is 0 Å². The van der Waals surface area contributed by atoms with Gasteiger partial charge in [-0.05, 0) is 31.1 Å². The third-order valence-electron chi connectivity index (χ3n) is 6.68. The van der Waals surface area contributed by atoms with Crippen molar-refractivity contribution < 1.29 is 5.11 Å². The summed E-state index contributed by atoms with van der Waals surface area (Å²) in [5, 5.41) is 19.2. The van der Waals surface area contributed by atoms with Crippen LogP contribution in [0.3, 0.4) is 0 Å². The van der Waals surface area contributed by atoms with E-state index in [1.807, 2.05) is 0 Å². The maximum absolute atomic E-state index is 9.99. The van der Waals surface area contributed by atoms with Gasteiger partial charge in [0.2, 0.25) is 0 Å². The first-order valence-electron chi connectivity index (χ1n) is 6.71. The van der Waals surface area contributed by atoms with Crippen molar-refractivity contribution in [3.63, 3.8) is 0 Å². The maximum atomic E-state index is 9.99. The number of allylic oxidation sites excluding steroid dienone is 2. The van der Waals surface area contributed by atoms with Crippen LogP contribution in [-0.2, 0) is 0 Å². The zero-order chi connectivity index (χ0) is 12.1. The van der Waals surface area contributed by atoms with Crippen LogP contribution in [0.25, 0.3) is 0 Å². The van der Waals surface area contributed by atoms with E-state index in [2.05, 4.69) is 43.2 Å². The van der Waals surface area contributed by atoms with Gasteiger partial charge >= 0.3 is 0 Å². The van der Waals surface area contributed by atoms with Crippen LogP contribution in [0, 0.1) is 29.1 Å². The summed E-state index contributed by atoms with van der Waals surface area (Å²) in [6.45, 7) is 6.91. The van der Waals surface area contributed by atoms with Crippen molar-refractivity contribution in [1.29, 1.82) is 0 Å². The second kappa shape index (κ2) is 2.51. The molecule has 4 aliphatic rings. The zero-order valence-corrected chi connectivity index (χ0v) is 10.7. The molecule has 4 rings (SSSR count). The van der Waals surface area contributed by atoms with E-state index in [1.54, 1.807) is 0 Å². The van der Waals surface area contributed by atoms with E-state index in [4.69, 9.17) is 0 Å². The largest absolute Gasteiger partial charge is 0.394 e. The molecule has 0 radical (unpaired) electrons. The van der Waals surface area contributed by atoms with Crippen molar-refractivity contribution in [1.82, 2.24) is 0 Å². The standard InChI is InChI=1S/C14H20N2O/c1-12(2)13(3)10-8-4-5-9(6-8)11(10)14(12,7-17)16-15-13/h4-5,8-11,17H,6-7H2,1-3H3/t8-,9+,10+,11-,13+,14-/m0/s1. The van der Waals surface area contributed by atoms with Crippen LogP contribution in [0.4, 0.5) is 0 Å². The second-order valence-electron chi connectivity index (χ2n) is 7.05. The molecule has 4 bridgehead atoms. The molecule has 17 heavy (non-hydrogen) atoms. The minimum atomic E-state index is -0.323. The number of fused-ring (bicyclic) bond motifs is 9. The van der Waals surface area contributed by atoms with Gasteiger partial charge in [0.15, 0.2) is 0 Å². The van der Waals surface area contributed by atoms with Crippen LogP contribution in [0.1, 0.15) is 27.2 Å². The Labute approximate surface area is 102 Å². The highest BCUT2D eigenvalue weighted by Crippen LogP contribution is 2.74. The lowest BCUT2D eigenvalue weighted by Crippen LogP contribution is -2.49. The molecule has 1 N–H and O–H groups in total. The fourth-order valence-electron chi connectivity index (χ4n) is 5.42. The number of hydrogen-bond acceptors (Lipinski definition) is 3. The Morgan fingerprint density at radius 1 is 1.12 bits per heavy atom. The molecule has 0 saturated heterocycles. The molecule has 0 aromatic carbocycles. The lowest BCUT2D eigenvalue weighted by molar-refractivity contribution is 0.0701. The predicted octanol–water partition coefficient (Wildman–Crippen LogP) is 2.42. The highest BCUT2D eigenvalue weighted by molar-refractivity contribution is 5.36. The molecular weight excluding hydrogens is 212 g/mol. The normalized spacial score (nSPS) is 60.2. The Morgan fingerprint density at radius 2 is 1.76 bits per heavy atom. The minimum Gasteiger partial charge on any atom is -0.394 e. The number of rotatable bonds is 1. The van der Waals surface area contributed by atoms with Crippen molar-refractivity contribution in [2.75, 3.05) is 6.61 Å². The lowest BCUT2D eigenvalue weighted by Gasteiger charge is -2.39. The summed E-state index contributed by atoms with van der Waals surface area (Å²) in [6.07, 6.45) is 6.00. The molecule has 3 heteroatoms. The SMILES string of the molecule is CC1(C)[C@@]2(CO)N=N[C@]1(C)[C@H]1[C@@H]2[C@@H]2C=C[C@H]1C2. The monoisotopic (exact) mass is 232 g/mol. The van der Waals surface area contributed by atoms with Gasteiger partial charge in [0.25, 0.3) is 0 Å². The summed E-state index contributed by atoms with van der Waals surface area (Å²) in [7, 11) is 0. The third-order valence-corrected chi connectivity index (χ3v) is 6.68. The Balaban J connectivity index is 1.96. The topological polar surface area (TPSA) is 45.0 Å². The van der Waals surface area contributed by atoms with Crippen molar-refractivity contribution in [2.45, 2.75) is 38.3 Å². The first-order valence-corrected chi connectivity index (χ1v) is 6.71. The fraction of sp³-hybridized carbons (Fsp3) is 0.857. The van der Waals surface area contributed by atoms with Crippen molar-refractivity contribution in [3.8, 4) is 0 Å². The van der Waals surface area contributed by atoms with Gasteiger partial charge < -0.3 is 5.11 Å². The average Bonchev–Trinajstić information content (AvgIpc) is 2.97. The van der Waals surface area contributed by atoms with E-state index < -0.39 is 0 Å². The summed E-state index contributed by atoms with van der Waals surface area (Å²) in [4.78, 5) is 0. The smallest absolute Gasteiger partial charge is 0.116 e. The molecule has 92 valence electrons. The van der Waals surface area contributed by atoms with Crippen LogP contribution < -0.4 is 0 Å². The van der Waals surface area contributed by atoms with Crippen LogP contribution in [0.2, 0.25) is 0 Å². The first kappa shape index (κ1) is 10.2. The number of nitrogens with zero attached hydrogens (tertiary/aromatic N) is 2. The molecule has 2 saturated carbocycles. The third kappa shape index (κ3) is 0.744. The number of aliphatic hydroxyl groups excluding tert-OH is 1. The Hall–Kier alpha value is -0.700. The maximum Gasteiger partial charge on any atom is 0.116 e. The highest BCUT2D eigenvalue weighted by atomic mass is 16.3. The van der Waals surface area contributed by atoms with E-state index in [0.29, 0.717) is 23.7 Å². The summed E-state index contributed by atoms with van der Waals surface area (Å²) in [5.41, 5.74) is -0.422. The molecule has 0 unspecified atom stereocenters. The predicted molar refractivity (Wildman–Crippen MR) is 64.6 cm³/mol. The van der Waals surface area contributed by atoms with Crippen molar-refractivity contribution in [3.05, 3.63) is 12.2 Å². The lowest BCUT2D eigenvalue weighted by atomic mass is 9.65. The molecule has 3 nitrogen and oxygen atoms in total. The Bertz CT molecular complexity index is 455. The summed E-state index contributed by atoms with van der Waals surface area (Å²) < 4.78 is 0. The minimum absolute atomic E-state index is 0.0208. The number of aliphatic hydroxyl groups is 1. The van der Waals surface area contributed by atoms with Crippen LogP contribution >= 0.6 is 0 Å².